The second kappa shape index (κ2) is 19.1. The highest BCUT2D eigenvalue weighted by molar-refractivity contribution is 4.21. The summed E-state index contributed by atoms with van der Waals surface area (Å²) in [6.45, 7) is 1.70. The van der Waals surface area contributed by atoms with Crippen LogP contribution in [0.5, 0.6) is 0 Å². The summed E-state index contributed by atoms with van der Waals surface area (Å²) in [6, 6.07) is 0. The van der Waals surface area contributed by atoms with Crippen LogP contribution in [0.4, 0.5) is 0 Å². The van der Waals surface area contributed by atoms with Gasteiger partial charge in [-0.2, -0.15) is 0 Å². The third-order valence-corrected chi connectivity index (χ3v) is 0.365. The molecule has 0 atom stereocenters. The molecule has 17 heavy (non-hydrogen) atoms. The van der Waals surface area contributed by atoms with Crippen molar-refractivity contribution in [1.82, 2.24) is 0 Å². The van der Waals surface area contributed by atoms with E-state index < -0.39 is 21.5 Å². The van der Waals surface area contributed by atoms with Crippen LogP contribution >= 0.6 is 0 Å². The number of nitrogens with zero attached hydrogens (tertiary/aromatic N) is 3. The first-order valence-electron chi connectivity index (χ1n) is 3.27. The van der Waals surface area contributed by atoms with Gasteiger partial charge in [0, 0.05) is 0 Å². The minimum atomic E-state index is -1.75. The fraction of sp³-hybridized carbons (Fsp3) is 1.00. The summed E-state index contributed by atoms with van der Waals surface area (Å²) >= 11 is 0. The van der Waals surface area contributed by atoms with Gasteiger partial charge in [-0.05, 0) is 6.42 Å². The molecule has 0 heterocycles. The summed E-state index contributed by atoms with van der Waals surface area (Å²) in [7, 11) is 0. The average Bonchev–Trinajstić information content (AvgIpc) is 2.00. The zero-order valence-corrected chi connectivity index (χ0v) is 8.19. The van der Waals surface area contributed by atoms with E-state index in [4.69, 9.17) is 56.2 Å². The maximum atomic E-state index is 8.25. The molecule has 0 bridgehead atoms. The highest BCUT2D eigenvalue weighted by Crippen LogP contribution is 1.77. The monoisotopic (exact) mass is 262 g/mol. The number of aliphatic hydroxyl groups is 2. The Balaban J connectivity index is -0.0000000667. The molecule has 0 aliphatic heterocycles. The average molecular weight is 262 g/mol. The van der Waals surface area contributed by atoms with Crippen LogP contribution in [-0.2, 0) is 0 Å². The van der Waals surface area contributed by atoms with Crippen molar-refractivity contribution in [2.75, 3.05) is 0 Å². The lowest BCUT2D eigenvalue weighted by Gasteiger charge is -1.90. The molecule has 0 saturated heterocycles. The quantitative estimate of drug-likeness (QED) is 0.329. The maximum absolute atomic E-state index is 8.25. The molecular formula is C3H8N3O11-3. The van der Waals surface area contributed by atoms with E-state index in [-0.39, 0.29) is 0 Å². The predicted molar refractivity (Wildman–Crippen MR) is 49.6 cm³/mol. The Morgan fingerprint density at radius 2 is 0.882 bits per heavy atom. The zero-order valence-electron chi connectivity index (χ0n) is 8.19. The number of rotatable bonds is 1. The summed E-state index contributed by atoms with van der Waals surface area (Å²) in [5.74, 6) is 0. The molecule has 2 N–H and O–H groups in total. The highest BCUT2D eigenvalue weighted by atomic mass is 16.9. The Bertz CT molecular complexity index is 164. The van der Waals surface area contributed by atoms with Crippen molar-refractivity contribution in [1.29, 1.82) is 0 Å². The van der Waals surface area contributed by atoms with Gasteiger partial charge in [0.2, 0.25) is 0 Å². The fourth-order valence-corrected chi connectivity index (χ4v) is 0. The molecule has 0 aliphatic rings. The van der Waals surface area contributed by atoms with Crippen molar-refractivity contribution in [2.24, 2.45) is 0 Å². The van der Waals surface area contributed by atoms with Crippen LogP contribution in [0.15, 0.2) is 0 Å². The van der Waals surface area contributed by atoms with Crippen LogP contribution in [0.1, 0.15) is 13.3 Å². The van der Waals surface area contributed by atoms with E-state index >= 15 is 0 Å². The molecule has 0 fully saturated rings. The van der Waals surface area contributed by atoms with Gasteiger partial charge in [0.25, 0.3) is 0 Å². The smallest absolute Gasteiger partial charge is 0.151 e. The van der Waals surface area contributed by atoms with Gasteiger partial charge in [-0.3, -0.25) is 0 Å². The van der Waals surface area contributed by atoms with E-state index in [0.717, 1.165) is 0 Å². The van der Waals surface area contributed by atoms with Gasteiger partial charge in [0.05, 0.1) is 15.3 Å². The first-order valence-corrected chi connectivity index (χ1v) is 3.27. The highest BCUT2D eigenvalue weighted by Gasteiger charge is 1.83. The third-order valence-electron chi connectivity index (χ3n) is 0.365. The standard InChI is InChI=1S/C3H8O2.3NO3/c1-2-3(4)5;3*2-1(3)4/h3-5H,2H2,1H3;;;/q;3*-1. The van der Waals surface area contributed by atoms with Crippen molar-refractivity contribution in [3.63, 3.8) is 0 Å². The molecule has 14 heteroatoms. The van der Waals surface area contributed by atoms with Crippen LogP contribution in [0.25, 0.3) is 0 Å². The van der Waals surface area contributed by atoms with Crippen LogP contribution in [0.3, 0.4) is 0 Å². The van der Waals surface area contributed by atoms with Crippen molar-refractivity contribution >= 4 is 0 Å². The molecule has 0 aromatic rings. The molecule has 14 nitrogen and oxygen atoms in total. The Labute approximate surface area is 92.3 Å². The van der Waals surface area contributed by atoms with E-state index in [2.05, 4.69) is 0 Å². The normalized spacial score (nSPS) is 7.06. The molecule has 0 rings (SSSR count). The number of aliphatic hydroxyl groups excluding tert-OH is 1. The lowest BCUT2D eigenvalue weighted by molar-refractivity contribution is -0.403. The summed E-state index contributed by atoms with van der Waals surface area (Å²) in [6.07, 6.45) is -0.699. The van der Waals surface area contributed by atoms with Gasteiger partial charge in [0.1, 0.15) is 0 Å². The minimum absolute atomic E-state index is 0.417. The van der Waals surface area contributed by atoms with E-state index in [1.165, 1.54) is 0 Å². The first-order chi connectivity index (χ1) is 7.47. The van der Waals surface area contributed by atoms with Crippen LogP contribution in [0.2, 0.25) is 0 Å². The van der Waals surface area contributed by atoms with Crippen LogP contribution < -0.4 is 0 Å². The van der Waals surface area contributed by atoms with Crippen molar-refractivity contribution in [3.05, 3.63) is 46.0 Å². The SMILES string of the molecule is CCC(O)O.O=[N+]([O-])[O-].O=[N+]([O-])[O-].O=[N+]([O-])[O-]. The van der Waals surface area contributed by atoms with E-state index in [9.17, 15) is 0 Å². The molecule has 0 amide bonds. The van der Waals surface area contributed by atoms with Crippen molar-refractivity contribution in [2.45, 2.75) is 19.6 Å². The van der Waals surface area contributed by atoms with Gasteiger partial charge in [-0.1, -0.05) is 6.92 Å². The largest absolute Gasteiger partial charge is 0.368 e. The number of hydrogen-bond donors (Lipinski definition) is 2. The predicted octanol–water partition coefficient (Wildman–Crippen LogP) is -1.01. The lowest BCUT2D eigenvalue weighted by Crippen LogP contribution is -1.99. The zero-order chi connectivity index (χ0) is 15.0. The fourth-order valence-electron chi connectivity index (χ4n) is 0. The number of hydrogen-bond acceptors (Lipinski definition) is 11. The molecule has 0 radical (unpaired) electrons. The lowest BCUT2D eigenvalue weighted by atomic mass is 10.5. The molecule has 104 valence electrons. The minimum Gasteiger partial charge on any atom is -0.368 e. The molecular weight excluding hydrogens is 254 g/mol. The van der Waals surface area contributed by atoms with Crippen LogP contribution in [-0.4, -0.2) is 31.8 Å². The Kier molecular flexibility index (Phi) is 27.0. The molecule has 0 aromatic heterocycles. The van der Waals surface area contributed by atoms with Gasteiger partial charge in [-0.25, -0.2) is 0 Å². The summed E-state index contributed by atoms with van der Waals surface area (Å²) < 4.78 is 0. The van der Waals surface area contributed by atoms with Gasteiger partial charge in [-0.15, -0.1) is 0 Å². The van der Waals surface area contributed by atoms with Gasteiger partial charge < -0.3 is 56.2 Å². The Hall–Kier alpha value is -2.48. The molecule has 0 aromatic carbocycles. The van der Waals surface area contributed by atoms with Crippen molar-refractivity contribution < 1.29 is 25.5 Å². The van der Waals surface area contributed by atoms with Crippen molar-refractivity contribution in [3.8, 4) is 0 Å². The van der Waals surface area contributed by atoms with E-state index in [1.54, 1.807) is 6.92 Å². The summed E-state index contributed by atoms with van der Waals surface area (Å²) in [5, 5.41) is 60.1. The second-order valence-electron chi connectivity index (χ2n) is 1.56. The molecule has 0 spiro atoms. The maximum Gasteiger partial charge on any atom is 0.151 e. The summed E-state index contributed by atoms with van der Waals surface area (Å²) in [5.41, 5.74) is 0. The molecule has 0 unspecified atom stereocenters. The first kappa shape index (κ1) is 24.0. The Morgan fingerprint density at radius 3 is 0.882 bits per heavy atom. The molecule has 0 saturated carbocycles. The summed E-state index contributed by atoms with van der Waals surface area (Å²) in [4.78, 5) is 24.8. The van der Waals surface area contributed by atoms with E-state index in [1.807, 2.05) is 0 Å². The topological polar surface area (TPSA) is 239 Å². The van der Waals surface area contributed by atoms with Crippen LogP contribution in [0, 0.1) is 46.0 Å². The molecule has 0 aliphatic carbocycles. The van der Waals surface area contributed by atoms with E-state index in [0.29, 0.717) is 6.42 Å². The van der Waals surface area contributed by atoms with Gasteiger partial charge in [0.15, 0.2) is 6.29 Å². The second-order valence-corrected chi connectivity index (χ2v) is 1.56. The Morgan fingerprint density at radius 1 is 0.824 bits per heavy atom. The third kappa shape index (κ3) is 7790. The van der Waals surface area contributed by atoms with Gasteiger partial charge >= 0.3 is 0 Å².